The van der Waals surface area contributed by atoms with E-state index in [1.54, 1.807) is 0 Å². The van der Waals surface area contributed by atoms with Gasteiger partial charge < -0.3 is 19.5 Å². The number of imidazole rings is 1. The predicted octanol–water partition coefficient (Wildman–Crippen LogP) is 5.69. The standard InChI is InChI=1S/C31H34N4O2/c1-34(2)20-19-32-31(36)25-15-18-29-28(21-25)33-30(35(29)26-11-7-4-8-12-26)24-13-16-27(17-14-24)37-22-23-9-5-3-6-10-23/h3,5,9,13-18,21,26H,4,7-8,11-12,19-20,22H2,1-2H3,(H,32,36). The molecule has 2 aliphatic carbocycles. The largest absolute Gasteiger partial charge is 0.488 e. The van der Waals surface area contributed by atoms with Gasteiger partial charge >= 0.3 is 0 Å². The quantitative estimate of drug-likeness (QED) is 0.389. The molecule has 0 bridgehead atoms. The summed E-state index contributed by atoms with van der Waals surface area (Å²) < 4.78 is 8.35. The fourth-order valence-corrected chi connectivity index (χ4v) is 4.98. The van der Waals surface area contributed by atoms with E-state index >= 15 is 0 Å². The third-order valence-corrected chi connectivity index (χ3v) is 6.95. The van der Waals surface area contributed by atoms with Crippen LogP contribution < -0.4 is 10.1 Å². The number of nitrogens with zero attached hydrogens (tertiary/aromatic N) is 3. The molecule has 0 unspecified atom stereocenters. The van der Waals surface area contributed by atoms with Crippen molar-refractivity contribution in [2.75, 3.05) is 33.8 Å². The summed E-state index contributed by atoms with van der Waals surface area (Å²) in [7, 11) is 3.99. The van der Waals surface area contributed by atoms with Gasteiger partial charge in [-0.15, -0.1) is 0 Å². The Kier molecular flexibility index (Phi) is 7.72. The van der Waals surface area contributed by atoms with E-state index in [2.05, 4.69) is 44.4 Å². The third kappa shape index (κ3) is 5.95. The van der Waals surface area contributed by atoms with Gasteiger partial charge in [-0.2, -0.15) is 0 Å². The molecular formula is C31H34N4O2. The summed E-state index contributed by atoms with van der Waals surface area (Å²) in [5.74, 6) is 1.69. The predicted molar refractivity (Wildman–Crippen MR) is 148 cm³/mol. The van der Waals surface area contributed by atoms with Crippen molar-refractivity contribution in [3.05, 3.63) is 83.3 Å². The first-order valence-electron chi connectivity index (χ1n) is 13.1. The summed E-state index contributed by atoms with van der Waals surface area (Å²) in [6.45, 7) is 1.87. The molecule has 2 aromatic carbocycles. The molecule has 6 nitrogen and oxygen atoms in total. The molecular weight excluding hydrogens is 460 g/mol. The SMILES string of the molecule is CN(C)CCNC(=O)c1ccc2c(c1)nc(-c1ccc(OCC3=C=C=CC=C3)cc1)n2C1CCCCC1. The third-order valence-electron chi connectivity index (χ3n) is 6.95. The molecule has 3 aromatic rings. The van der Waals surface area contributed by atoms with Gasteiger partial charge in [0.1, 0.15) is 18.2 Å². The summed E-state index contributed by atoms with van der Waals surface area (Å²) in [5, 5.41) is 3.01. The van der Waals surface area contributed by atoms with E-state index in [0.29, 0.717) is 24.8 Å². The Bertz CT molecular complexity index is 1390. The number of fused-ring (bicyclic) bond motifs is 1. The summed E-state index contributed by atoms with van der Waals surface area (Å²) in [5.41, 5.74) is 10.6. The van der Waals surface area contributed by atoms with Crippen molar-refractivity contribution in [3.63, 3.8) is 0 Å². The molecule has 1 aromatic heterocycles. The van der Waals surface area contributed by atoms with Crippen LogP contribution in [0.2, 0.25) is 0 Å². The first-order chi connectivity index (χ1) is 18.1. The molecule has 1 saturated carbocycles. The second kappa shape index (κ2) is 11.5. The lowest BCUT2D eigenvalue weighted by Crippen LogP contribution is -2.31. The highest BCUT2D eigenvalue weighted by Gasteiger charge is 2.23. The van der Waals surface area contributed by atoms with Gasteiger partial charge in [0.25, 0.3) is 5.91 Å². The number of allylic oxidation sites excluding steroid dienone is 2. The monoisotopic (exact) mass is 494 g/mol. The van der Waals surface area contributed by atoms with Crippen molar-refractivity contribution in [1.29, 1.82) is 0 Å². The molecule has 1 fully saturated rings. The molecule has 1 heterocycles. The number of amides is 1. The van der Waals surface area contributed by atoms with E-state index in [9.17, 15) is 4.79 Å². The number of nitrogens with one attached hydrogen (secondary N) is 1. The highest BCUT2D eigenvalue weighted by Crippen LogP contribution is 2.36. The molecule has 190 valence electrons. The van der Waals surface area contributed by atoms with Crippen molar-refractivity contribution < 1.29 is 9.53 Å². The molecule has 0 atom stereocenters. The van der Waals surface area contributed by atoms with Gasteiger partial charge in [0.05, 0.1) is 11.0 Å². The van der Waals surface area contributed by atoms with E-state index in [0.717, 1.165) is 53.1 Å². The van der Waals surface area contributed by atoms with Crippen LogP contribution in [0.5, 0.6) is 5.75 Å². The fourth-order valence-electron chi connectivity index (χ4n) is 4.98. The minimum atomic E-state index is -0.0627. The van der Waals surface area contributed by atoms with Crippen molar-refractivity contribution >= 4 is 16.9 Å². The molecule has 37 heavy (non-hydrogen) atoms. The highest BCUT2D eigenvalue weighted by atomic mass is 16.5. The van der Waals surface area contributed by atoms with Crippen LogP contribution in [0, 0.1) is 0 Å². The first-order valence-corrected chi connectivity index (χ1v) is 13.1. The Hall–Kier alpha value is -3.82. The van der Waals surface area contributed by atoms with Crippen molar-refractivity contribution in [1.82, 2.24) is 19.8 Å². The maximum absolute atomic E-state index is 12.8. The number of aromatic nitrogens is 2. The van der Waals surface area contributed by atoms with Crippen LogP contribution in [0.3, 0.4) is 0 Å². The molecule has 0 saturated heterocycles. The summed E-state index contributed by atoms with van der Waals surface area (Å²) in [6, 6.07) is 14.5. The Labute approximate surface area is 218 Å². The maximum Gasteiger partial charge on any atom is 0.251 e. The molecule has 1 amide bonds. The number of benzene rings is 2. The van der Waals surface area contributed by atoms with Gasteiger partial charge in [0.15, 0.2) is 0 Å². The molecule has 6 heteroatoms. The zero-order valence-electron chi connectivity index (χ0n) is 21.7. The normalized spacial score (nSPS) is 15.4. The van der Waals surface area contributed by atoms with Crippen molar-refractivity contribution in [2.24, 2.45) is 0 Å². The molecule has 2 aliphatic rings. The van der Waals surface area contributed by atoms with Crippen LogP contribution in [0.15, 0.2) is 77.7 Å². The van der Waals surface area contributed by atoms with E-state index in [-0.39, 0.29) is 5.91 Å². The molecule has 0 radical (unpaired) electrons. The molecule has 1 N–H and O–H groups in total. The number of ether oxygens (including phenoxy) is 1. The van der Waals surface area contributed by atoms with Crippen LogP contribution in [-0.2, 0) is 0 Å². The van der Waals surface area contributed by atoms with E-state index in [1.807, 2.05) is 56.6 Å². The number of likely N-dealkylation sites (N-methyl/N-ethyl adjacent to an activating group) is 1. The molecule has 0 spiro atoms. The van der Waals surface area contributed by atoms with E-state index in [1.165, 1.54) is 19.3 Å². The second-order valence-corrected chi connectivity index (χ2v) is 9.99. The number of carbonyl (C=O) groups excluding carboxylic acids is 1. The number of hydrogen-bond donors (Lipinski definition) is 1. The van der Waals surface area contributed by atoms with Gasteiger partial charge in [0, 0.05) is 35.8 Å². The second-order valence-electron chi connectivity index (χ2n) is 9.99. The van der Waals surface area contributed by atoms with Crippen LogP contribution in [0.4, 0.5) is 0 Å². The van der Waals surface area contributed by atoms with E-state index < -0.39 is 0 Å². The molecule has 0 aliphatic heterocycles. The minimum Gasteiger partial charge on any atom is -0.488 e. The smallest absolute Gasteiger partial charge is 0.251 e. The minimum absolute atomic E-state index is 0.0627. The molecule has 5 rings (SSSR count). The van der Waals surface area contributed by atoms with Crippen molar-refractivity contribution in [3.8, 4) is 17.1 Å². The Balaban J connectivity index is 1.42. The number of hydrogen-bond acceptors (Lipinski definition) is 4. The lowest BCUT2D eigenvalue weighted by atomic mass is 9.95. The highest BCUT2D eigenvalue weighted by molar-refractivity contribution is 5.98. The zero-order chi connectivity index (χ0) is 25.6. The Morgan fingerprint density at radius 2 is 1.95 bits per heavy atom. The van der Waals surface area contributed by atoms with Gasteiger partial charge in [0.2, 0.25) is 0 Å². The van der Waals surface area contributed by atoms with Crippen LogP contribution in [0.1, 0.15) is 48.5 Å². The van der Waals surface area contributed by atoms with Crippen LogP contribution >= 0.6 is 0 Å². The lowest BCUT2D eigenvalue weighted by Gasteiger charge is -2.25. The summed E-state index contributed by atoms with van der Waals surface area (Å²) >= 11 is 0. The van der Waals surface area contributed by atoms with Crippen molar-refractivity contribution in [2.45, 2.75) is 38.1 Å². The first kappa shape index (κ1) is 24.9. The maximum atomic E-state index is 12.8. The van der Waals surface area contributed by atoms with Crippen LogP contribution in [0.25, 0.3) is 22.4 Å². The van der Waals surface area contributed by atoms with Gasteiger partial charge in [-0.1, -0.05) is 36.8 Å². The van der Waals surface area contributed by atoms with Gasteiger partial charge in [-0.3, -0.25) is 4.79 Å². The summed E-state index contributed by atoms with van der Waals surface area (Å²) in [6.07, 6.45) is 11.8. The van der Waals surface area contributed by atoms with E-state index in [4.69, 9.17) is 9.72 Å². The number of rotatable bonds is 9. The topological polar surface area (TPSA) is 59.4 Å². The average molecular weight is 495 g/mol. The zero-order valence-corrected chi connectivity index (χ0v) is 21.7. The van der Waals surface area contributed by atoms with Gasteiger partial charge in [-0.25, -0.2) is 4.98 Å². The summed E-state index contributed by atoms with van der Waals surface area (Å²) in [4.78, 5) is 19.9. The van der Waals surface area contributed by atoms with Crippen LogP contribution in [-0.4, -0.2) is 54.1 Å². The Morgan fingerprint density at radius 1 is 1.14 bits per heavy atom. The lowest BCUT2D eigenvalue weighted by molar-refractivity contribution is 0.0951. The Morgan fingerprint density at radius 3 is 2.68 bits per heavy atom. The average Bonchev–Trinajstić information content (AvgIpc) is 3.32. The van der Waals surface area contributed by atoms with Gasteiger partial charge in [-0.05, 0) is 81.6 Å². The number of carbonyl (C=O) groups is 1. The fraction of sp³-hybridized carbons (Fsp3) is 0.355.